The molecule has 2 radical (unpaired) electrons. The van der Waals surface area contributed by atoms with Crippen molar-refractivity contribution in [2.45, 2.75) is 0 Å². The molecule has 3 aromatic rings. The number of thiophene rings is 1. The van der Waals surface area contributed by atoms with Crippen LogP contribution in [0.2, 0.25) is 0 Å². The van der Waals surface area contributed by atoms with Gasteiger partial charge in [0, 0.05) is 12.4 Å². The van der Waals surface area contributed by atoms with Crippen LogP contribution in [0.15, 0.2) is 83.1 Å². The molecule has 1 aliphatic rings. The largest absolute Gasteiger partial charge is 0.253 e. The van der Waals surface area contributed by atoms with Crippen LogP contribution in [-0.4, -0.2) is 19.5 Å². The van der Waals surface area contributed by atoms with Gasteiger partial charge in [-0.15, -0.1) is 0 Å². The number of nitrogens with zero attached hydrogens (tertiary/aromatic N) is 2. The van der Waals surface area contributed by atoms with Crippen LogP contribution in [0.5, 0.6) is 0 Å². The van der Waals surface area contributed by atoms with Crippen LogP contribution in [0, 0.1) is 0 Å². The highest BCUT2D eigenvalue weighted by Crippen LogP contribution is 2.04. The van der Waals surface area contributed by atoms with Gasteiger partial charge >= 0.3 is 0 Å². The van der Waals surface area contributed by atoms with Crippen molar-refractivity contribution in [2.75, 3.05) is 0 Å². The normalized spacial score (nSPS) is 11.4. The van der Waals surface area contributed by atoms with Crippen molar-refractivity contribution in [3.63, 3.8) is 0 Å². The number of aromatic nitrogens is 2. The van der Waals surface area contributed by atoms with Gasteiger partial charge in [0.15, 0.2) is 0 Å². The molecule has 3 heterocycles. The Bertz CT molecular complexity index is 570. The van der Waals surface area contributed by atoms with Crippen LogP contribution in [0.3, 0.4) is 0 Å². The summed E-state index contributed by atoms with van der Waals surface area (Å²) in [5.74, 6) is 0. The van der Waals surface area contributed by atoms with E-state index in [4.69, 9.17) is 0 Å². The summed E-state index contributed by atoms with van der Waals surface area (Å²) in [4.78, 5) is 8.24. The number of para-hydroxylation sites is 2. The Labute approximate surface area is 125 Å². The van der Waals surface area contributed by atoms with Gasteiger partial charge in [-0.25, -0.2) is 0 Å². The predicted molar refractivity (Wildman–Crippen MR) is 87.9 cm³/mol. The molecule has 0 unspecified atom stereocenters. The van der Waals surface area contributed by atoms with E-state index in [9.17, 15) is 0 Å². The first-order chi connectivity index (χ1) is 9.97. The molecule has 0 atom stereocenters. The molecule has 0 saturated carbocycles. The zero-order chi connectivity index (χ0) is 13.9. The van der Waals surface area contributed by atoms with E-state index in [0.29, 0.717) is 0 Å². The summed E-state index contributed by atoms with van der Waals surface area (Å²) in [7, 11) is 0.948. The first-order valence-electron chi connectivity index (χ1n) is 6.17. The van der Waals surface area contributed by atoms with Gasteiger partial charge in [0.1, 0.15) is 9.52 Å². The number of hydrogen-bond acceptors (Lipinski definition) is 3. The number of allylic oxidation sites excluding steroid dienone is 2. The van der Waals surface area contributed by atoms with Crippen molar-refractivity contribution in [1.82, 2.24) is 9.97 Å². The lowest BCUT2D eigenvalue weighted by Crippen LogP contribution is -1.78. The van der Waals surface area contributed by atoms with Gasteiger partial charge in [0.2, 0.25) is 0 Å². The van der Waals surface area contributed by atoms with Crippen LogP contribution in [0.25, 0.3) is 11.0 Å². The van der Waals surface area contributed by atoms with Gasteiger partial charge in [-0.3, -0.25) is 9.97 Å². The summed E-state index contributed by atoms with van der Waals surface area (Å²) in [5, 5.41) is 4.08. The molecule has 0 N–H and O–H groups in total. The Balaban J connectivity index is 0.000000124. The van der Waals surface area contributed by atoms with Crippen molar-refractivity contribution in [2.24, 2.45) is 0 Å². The fourth-order valence-corrected chi connectivity index (χ4v) is 2.42. The first kappa shape index (κ1) is 14.4. The number of rotatable bonds is 0. The van der Waals surface area contributed by atoms with E-state index in [2.05, 4.69) is 33.5 Å². The fraction of sp³-hybridized carbons (Fsp3) is 0. The molecule has 0 bridgehead atoms. The molecule has 0 spiro atoms. The molecule has 0 fully saturated rings. The monoisotopic (exact) mass is 294 g/mol. The average molecular weight is 294 g/mol. The van der Waals surface area contributed by atoms with Crippen LogP contribution >= 0.6 is 11.3 Å². The second kappa shape index (κ2) is 8.96. The summed E-state index contributed by atoms with van der Waals surface area (Å²) in [6.45, 7) is 0. The highest BCUT2D eigenvalue weighted by atomic mass is 32.1. The zero-order valence-corrected chi connectivity index (χ0v) is 12.7. The molecule has 0 aliphatic carbocycles. The Kier molecular flexibility index (Phi) is 6.43. The Morgan fingerprint density at radius 1 is 0.750 bits per heavy atom. The second-order valence-electron chi connectivity index (χ2n) is 3.72. The van der Waals surface area contributed by atoms with Crippen molar-refractivity contribution >= 4 is 31.9 Å². The van der Waals surface area contributed by atoms with E-state index in [0.717, 1.165) is 20.6 Å². The third kappa shape index (κ3) is 5.30. The van der Waals surface area contributed by atoms with Gasteiger partial charge in [0.25, 0.3) is 0 Å². The smallest absolute Gasteiger partial charge is 0.101 e. The topological polar surface area (TPSA) is 25.8 Å². The zero-order valence-electron chi connectivity index (χ0n) is 10.9. The minimum absolute atomic E-state index is 0.948. The first-order valence-corrected chi connectivity index (χ1v) is 8.27. The van der Waals surface area contributed by atoms with E-state index in [1.165, 1.54) is 0 Å². The highest BCUT2D eigenvalue weighted by molar-refractivity contribution is 7.07. The van der Waals surface area contributed by atoms with Crippen molar-refractivity contribution in [3.05, 3.63) is 83.1 Å². The molecule has 20 heavy (non-hydrogen) atoms. The average Bonchev–Trinajstić information content (AvgIpc) is 3.25. The lowest BCUT2D eigenvalue weighted by molar-refractivity contribution is 1.29. The van der Waals surface area contributed by atoms with Crippen molar-refractivity contribution in [1.29, 1.82) is 0 Å². The lowest BCUT2D eigenvalue weighted by atomic mass is 10.3. The Morgan fingerprint density at radius 2 is 1.30 bits per heavy atom. The van der Waals surface area contributed by atoms with Crippen molar-refractivity contribution < 1.29 is 0 Å². The summed E-state index contributed by atoms with van der Waals surface area (Å²) >= 11 is 1.71. The van der Waals surface area contributed by atoms with Crippen LogP contribution in [0.4, 0.5) is 0 Å². The molecule has 0 amide bonds. The van der Waals surface area contributed by atoms with Gasteiger partial charge in [-0.05, 0) is 22.9 Å². The van der Waals surface area contributed by atoms with Crippen LogP contribution < -0.4 is 0 Å². The molecule has 4 heteroatoms. The second-order valence-corrected chi connectivity index (χ2v) is 5.54. The highest BCUT2D eigenvalue weighted by Gasteiger charge is 1.88. The number of hydrogen-bond donors (Lipinski definition) is 0. The SMILES string of the molecule is C1=C[Si]C=C1.c1ccc2nccnc2c1.c1ccsc1. The lowest BCUT2D eigenvalue weighted by Gasteiger charge is -1.90. The van der Waals surface area contributed by atoms with E-state index in [-0.39, 0.29) is 0 Å². The Hall–Kier alpha value is -2.04. The summed E-state index contributed by atoms with van der Waals surface area (Å²) in [6, 6.07) is 11.8. The molecule has 2 aromatic heterocycles. The molecule has 98 valence electrons. The Morgan fingerprint density at radius 3 is 1.65 bits per heavy atom. The van der Waals surface area contributed by atoms with E-state index in [1.807, 2.05) is 47.2 Å². The minimum Gasteiger partial charge on any atom is -0.253 e. The van der Waals surface area contributed by atoms with E-state index >= 15 is 0 Å². The maximum Gasteiger partial charge on any atom is 0.101 e. The van der Waals surface area contributed by atoms with Crippen LogP contribution in [-0.2, 0) is 0 Å². The van der Waals surface area contributed by atoms with E-state index < -0.39 is 0 Å². The number of fused-ring (bicyclic) bond motifs is 1. The summed E-state index contributed by atoms with van der Waals surface area (Å²) < 4.78 is 0. The van der Waals surface area contributed by atoms with Gasteiger partial charge in [-0.2, -0.15) is 11.3 Å². The third-order valence-corrected chi connectivity index (χ3v) is 3.70. The minimum atomic E-state index is 0.948. The molecular weight excluding hydrogens is 280 g/mol. The predicted octanol–water partition coefficient (Wildman–Crippen LogP) is 4.11. The molecular formula is C16H14N2SSi. The third-order valence-electron chi connectivity index (χ3n) is 2.30. The van der Waals surface area contributed by atoms with Gasteiger partial charge < -0.3 is 0 Å². The van der Waals surface area contributed by atoms with Crippen LogP contribution in [0.1, 0.15) is 0 Å². The van der Waals surface area contributed by atoms with E-state index in [1.54, 1.807) is 23.7 Å². The summed E-state index contributed by atoms with van der Waals surface area (Å²) in [6.07, 6.45) is 7.53. The fourth-order valence-electron chi connectivity index (χ4n) is 1.41. The van der Waals surface area contributed by atoms with Crippen molar-refractivity contribution in [3.8, 4) is 0 Å². The number of benzene rings is 1. The molecule has 1 aromatic carbocycles. The van der Waals surface area contributed by atoms with Gasteiger partial charge in [-0.1, -0.05) is 47.8 Å². The maximum absolute atomic E-state index is 4.12. The molecule has 0 saturated heterocycles. The molecule has 4 rings (SSSR count). The summed E-state index contributed by atoms with van der Waals surface area (Å²) in [5.41, 5.74) is 6.20. The quantitative estimate of drug-likeness (QED) is 0.583. The van der Waals surface area contributed by atoms with Gasteiger partial charge in [0.05, 0.1) is 11.0 Å². The standard InChI is InChI=1S/C8H6N2.C4H4S.C4H4Si/c1-2-4-8-7(3-1)9-5-6-10-8;2*1-2-4-5-3-1/h1-6H;2*1-4H. The maximum atomic E-state index is 4.12. The molecule has 1 aliphatic heterocycles. The molecule has 2 nitrogen and oxygen atoms in total.